The Morgan fingerprint density at radius 1 is 0.950 bits per heavy atom. The highest BCUT2D eigenvalue weighted by Gasteiger charge is 2.12. The second-order valence-electron chi connectivity index (χ2n) is 4.66. The Bertz CT molecular complexity index is 566. The van der Waals surface area contributed by atoms with Gasteiger partial charge in [-0.3, -0.25) is 0 Å². The fourth-order valence-electron chi connectivity index (χ4n) is 2.10. The summed E-state index contributed by atoms with van der Waals surface area (Å²) in [6, 6.07) is 13.5. The quantitative estimate of drug-likeness (QED) is 0.652. The minimum atomic E-state index is 0.188. The molecule has 0 saturated heterocycles. The summed E-state index contributed by atoms with van der Waals surface area (Å²) in [6.07, 6.45) is 2.07. The molecule has 4 heteroatoms. The van der Waals surface area contributed by atoms with Crippen LogP contribution in [0, 0.1) is 0 Å². The Hall–Kier alpha value is -0.890. The lowest BCUT2D eigenvalue weighted by atomic mass is 10.0. The van der Waals surface area contributed by atoms with Crippen LogP contribution in [0.3, 0.4) is 0 Å². The molecule has 0 radical (unpaired) electrons. The minimum absolute atomic E-state index is 0.188. The van der Waals surface area contributed by atoms with Crippen molar-refractivity contribution in [1.29, 1.82) is 0 Å². The standard InChI is InChI=1S/C16H16Cl3N/c1-2-3-15(11-4-6-12(17)7-5-11)20-16-10-13(18)8-9-14(16)19/h4-10,15,20H,2-3H2,1H3. The van der Waals surface area contributed by atoms with Crippen molar-refractivity contribution >= 4 is 40.5 Å². The Morgan fingerprint density at radius 3 is 2.25 bits per heavy atom. The summed E-state index contributed by atoms with van der Waals surface area (Å²) in [5.74, 6) is 0. The van der Waals surface area contributed by atoms with Crippen LogP contribution < -0.4 is 5.32 Å². The Balaban J connectivity index is 2.25. The Kier molecular flexibility index (Phi) is 5.59. The first-order valence-electron chi connectivity index (χ1n) is 6.57. The molecular weight excluding hydrogens is 313 g/mol. The van der Waals surface area contributed by atoms with E-state index >= 15 is 0 Å². The van der Waals surface area contributed by atoms with E-state index in [4.69, 9.17) is 34.8 Å². The summed E-state index contributed by atoms with van der Waals surface area (Å²) < 4.78 is 0. The average molecular weight is 329 g/mol. The van der Waals surface area contributed by atoms with Gasteiger partial charge in [0.15, 0.2) is 0 Å². The molecule has 1 N–H and O–H groups in total. The van der Waals surface area contributed by atoms with Crippen LogP contribution in [0.4, 0.5) is 5.69 Å². The molecule has 0 aromatic heterocycles. The zero-order valence-corrected chi connectivity index (χ0v) is 13.4. The largest absolute Gasteiger partial charge is 0.377 e. The molecule has 1 atom stereocenters. The monoisotopic (exact) mass is 327 g/mol. The molecule has 0 bridgehead atoms. The van der Waals surface area contributed by atoms with Crippen LogP contribution in [0.25, 0.3) is 0 Å². The summed E-state index contributed by atoms with van der Waals surface area (Å²) >= 11 is 18.2. The summed E-state index contributed by atoms with van der Waals surface area (Å²) in [5, 5.41) is 5.55. The number of halogens is 3. The summed E-state index contributed by atoms with van der Waals surface area (Å²) in [7, 11) is 0. The van der Waals surface area contributed by atoms with E-state index in [1.165, 1.54) is 5.56 Å². The molecule has 0 fully saturated rings. The number of hydrogen-bond acceptors (Lipinski definition) is 1. The highest BCUT2D eigenvalue weighted by atomic mass is 35.5. The third-order valence-electron chi connectivity index (χ3n) is 3.11. The lowest BCUT2D eigenvalue weighted by Gasteiger charge is -2.21. The van der Waals surface area contributed by atoms with Gasteiger partial charge >= 0.3 is 0 Å². The van der Waals surface area contributed by atoms with Gasteiger partial charge in [-0.15, -0.1) is 0 Å². The van der Waals surface area contributed by atoms with Crippen molar-refractivity contribution in [2.45, 2.75) is 25.8 Å². The van der Waals surface area contributed by atoms with Crippen molar-refractivity contribution in [2.75, 3.05) is 5.32 Å². The van der Waals surface area contributed by atoms with Gasteiger partial charge in [0, 0.05) is 10.0 Å². The second-order valence-corrected chi connectivity index (χ2v) is 5.94. The van der Waals surface area contributed by atoms with Crippen LogP contribution in [0.2, 0.25) is 15.1 Å². The van der Waals surface area contributed by atoms with Gasteiger partial charge in [-0.05, 0) is 42.3 Å². The topological polar surface area (TPSA) is 12.0 Å². The van der Waals surface area contributed by atoms with Crippen LogP contribution in [0.5, 0.6) is 0 Å². The maximum Gasteiger partial charge on any atom is 0.0638 e. The third kappa shape index (κ3) is 4.05. The summed E-state index contributed by atoms with van der Waals surface area (Å²) in [6.45, 7) is 2.16. The molecule has 0 aliphatic rings. The molecule has 0 saturated carbocycles. The number of nitrogens with one attached hydrogen (secondary N) is 1. The van der Waals surface area contributed by atoms with Crippen molar-refractivity contribution in [3.8, 4) is 0 Å². The molecule has 2 aromatic rings. The lowest BCUT2D eigenvalue weighted by Crippen LogP contribution is -2.10. The van der Waals surface area contributed by atoms with E-state index in [0.717, 1.165) is 23.6 Å². The third-order valence-corrected chi connectivity index (χ3v) is 3.92. The first-order valence-corrected chi connectivity index (χ1v) is 7.70. The van der Waals surface area contributed by atoms with E-state index < -0.39 is 0 Å². The van der Waals surface area contributed by atoms with E-state index in [1.807, 2.05) is 30.3 Å². The maximum atomic E-state index is 6.21. The number of benzene rings is 2. The molecule has 1 nitrogen and oxygen atoms in total. The smallest absolute Gasteiger partial charge is 0.0638 e. The minimum Gasteiger partial charge on any atom is -0.377 e. The van der Waals surface area contributed by atoms with Crippen LogP contribution in [-0.4, -0.2) is 0 Å². The molecule has 0 spiro atoms. The van der Waals surface area contributed by atoms with Gasteiger partial charge in [-0.25, -0.2) is 0 Å². The van der Waals surface area contributed by atoms with Gasteiger partial charge < -0.3 is 5.32 Å². The molecule has 1 unspecified atom stereocenters. The molecule has 106 valence electrons. The molecule has 0 aliphatic heterocycles. The fraction of sp³-hybridized carbons (Fsp3) is 0.250. The van der Waals surface area contributed by atoms with E-state index in [9.17, 15) is 0 Å². The van der Waals surface area contributed by atoms with Crippen molar-refractivity contribution in [3.05, 3.63) is 63.1 Å². The van der Waals surface area contributed by atoms with E-state index in [-0.39, 0.29) is 6.04 Å². The van der Waals surface area contributed by atoms with Gasteiger partial charge in [-0.1, -0.05) is 60.3 Å². The zero-order valence-electron chi connectivity index (χ0n) is 11.2. The number of anilines is 1. The first-order chi connectivity index (χ1) is 9.60. The number of hydrogen-bond donors (Lipinski definition) is 1. The van der Waals surface area contributed by atoms with E-state index in [2.05, 4.69) is 12.2 Å². The molecular formula is C16H16Cl3N. The summed E-state index contributed by atoms with van der Waals surface area (Å²) in [4.78, 5) is 0. The van der Waals surface area contributed by atoms with Crippen molar-refractivity contribution in [1.82, 2.24) is 0 Å². The normalized spacial score (nSPS) is 12.2. The van der Waals surface area contributed by atoms with Gasteiger partial charge in [0.2, 0.25) is 0 Å². The van der Waals surface area contributed by atoms with Gasteiger partial charge in [0.1, 0.15) is 0 Å². The van der Waals surface area contributed by atoms with Crippen molar-refractivity contribution in [3.63, 3.8) is 0 Å². The Labute approximate surface area is 134 Å². The fourth-order valence-corrected chi connectivity index (χ4v) is 2.57. The number of rotatable bonds is 5. The average Bonchev–Trinajstić information content (AvgIpc) is 2.43. The van der Waals surface area contributed by atoms with Crippen LogP contribution >= 0.6 is 34.8 Å². The Morgan fingerprint density at radius 2 is 1.60 bits per heavy atom. The molecule has 2 aromatic carbocycles. The predicted molar refractivity (Wildman–Crippen MR) is 89.2 cm³/mol. The first kappa shape index (κ1) is 15.5. The van der Waals surface area contributed by atoms with E-state index in [0.29, 0.717) is 10.0 Å². The molecule has 2 rings (SSSR count). The maximum absolute atomic E-state index is 6.21. The van der Waals surface area contributed by atoms with Crippen molar-refractivity contribution in [2.24, 2.45) is 0 Å². The highest BCUT2D eigenvalue weighted by Crippen LogP contribution is 2.31. The summed E-state index contributed by atoms with van der Waals surface area (Å²) in [5.41, 5.74) is 2.04. The SMILES string of the molecule is CCCC(Nc1cc(Cl)ccc1Cl)c1ccc(Cl)cc1. The lowest BCUT2D eigenvalue weighted by molar-refractivity contribution is 0.678. The van der Waals surface area contributed by atoms with Crippen LogP contribution in [0.1, 0.15) is 31.4 Å². The van der Waals surface area contributed by atoms with E-state index in [1.54, 1.807) is 12.1 Å². The van der Waals surface area contributed by atoms with Crippen LogP contribution in [0.15, 0.2) is 42.5 Å². The molecule has 0 amide bonds. The van der Waals surface area contributed by atoms with Gasteiger partial charge in [0.05, 0.1) is 16.8 Å². The van der Waals surface area contributed by atoms with Crippen LogP contribution in [-0.2, 0) is 0 Å². The molecule has 0 heterocycles. The highest BCUT2D eigenvalue weighted by molar-refractivity contribution is 6.35. The predicted octanol–water partition coefficient (Wildman–Crippen LogP) is 6.60. The molecule has 0 aliphatic carbocycles. The zero-order chi connectivity index (χ0) is 14.5. The van der Waals surface area contributed by atoms with Gasteiger partial charge in [-0.2, -0.15) is 0 Å². The molecule has 20 heavy (non-hydrogen) atoms. The van der Waals surface area contributed by atoms with Gasteiger partial charge in [0.25, 0.3) is 0 Å². The second kappa shape index (κ2) is 7.21. The van der Waals surface area contributed by atoms with Crippen molar-refractivity contribution < 1.29 is 0 Å².